The van der Waals surface area contributed by atoms with Gasteiger partial charge in [-0.25, -0.2) is 0 Å². The number of hydrogen-bond donors (Lipinski definition) is 2. The van der Waals surface area contributed by atoms with Crippen LogP contribution in [0.5, 0.6) is 0 Å². The summed E-state index contributed by atoms with van der Waals surface area (Å²) in [4.78, 5) is 0. The average Bonchev–Trinajstić information content (AvgIpc) is 2.31. The predicted molar refractivity (Wildman–Crippen MR) is 66.3 cm³/mol. The van der Waals surface area contributed by atoms with E-state index in [1.807, 2.05) is 12.2 Å². The second kappa shape index (κ2) is 4.92. The van der Waals surface area contributed by atoms with Crippen molar-refractivity contribution in [3.05, 3.63) is 35.9 Å². The lowest BCUT2D eigenvalue weighted by atomic mass is 10.0. The van der Waals surface area contributed by atoms with Gasteiger partial charge in [-0.05, 0) is 37.5 Å². The molecule has 1 aromatic carbocycles. The first-order valence-electron chi connectivity index (χ1n) is 5.85. The van der Waals surface area contributed by atoms with Gasteiger partial charge >= 0.3 is 6.18 Å². The molecule has 0 heterocycles. The summed E-state index contributed by atoms with van der Waals surface area (Å²) in [6, 6.07) is 3.91. The van der Waals surface area contributed by atoms with Crippen LogP contribution in [-0.4, -0.2) is 6.04 Å². The number of alkyl halides is 3. The number of hydrogen-bond acceptors (Lipinski definition) is 2. The largest absolute Gasteiger partial charge is 0.418 e. The third-order valence-electron chi connectivity index (χ3n) is 2.98. The first-order valence-corrected chi connectivity index (χ1v) is 5.85. The highest BCUT2D eigenvalue weighted by Gasteiger charge is 2.34. The molecule has 18 heavy (non-hydrogen) atoms. The summed E-state index contributed by atoms with van der Waals surface area (Å²) in [5, 5.41) is 2.96. The fourth-order valence-corrected chi connectivity index (χ4v) is 2.07. The number of anilines is 2. The van der Waals surface area contributed by atoms with Gasteiger partial charge in [0.15, 0.2) is 0 Å². The molecule has 1 aliphatic rings. The molecule has 0 saturated carbocycles. The summed E-state index contributed by atoms with van der Waals surface area (Å²) in [5.41, 5.74) is 4.95. The Morgan fingerprint density at radius 2 is 2.00 bits per heavy atom. The number of nitrogens with two attached hydrogens (primary N) is 1. The van der Waals surface area contributed by atoms with Crippen LogP contribution in [0.4, 0.5) is 24.5 Å². The molecule has 0 aliphatic heterocycles. The first-order chi connectivity index (χ1) is 8.47. The van der Waals surface area contributed by atoms with Crippen LogP contribution in [-0.2, 0) is 6.18 Å². The minimum atomic E-state index is -4.39. The van der Waals surface area contributed by atoms with E-state index in [1.165, 1.54) is 12.1 Å². The minimum absolute atomic E-state index is 0.0553. The van der Waals surface area contributed by atoms with Crippen LogP contribution in [0.1, 0.15) is 24.8 Å². The molecule has 1 aromatic rings. The van der Waals surface area contributed by atoms with E-state index in [9.17, 15) is 13.2 Å². The Hall–Kier alpha value is -1.65. The molecule has 2 rings (SSSR count). The maximum atomic E-state index is 12.9. The average molecular weight is 256 g/mol. The highest BCUT2D eigenvalue weighted by molar-refractivity contribution is 5.59. The summed E-state index contributed by atoms with van der Waals surface area (Å²) in [6.45, 7) is 0. The number of rotatable bonds is 2. The van der Waals surface area contributed by atoms with Crippen LogP contribution >= 0.6 is 0 Å². The summed E-state index contributed by atoms with van der Waals surface area (Å²) >= 11 is 0. The Morgan fingerprint density at radius 3 is 2.61 bits per heavy atom. The van der Waals surface area contributed by atoms with E-state index < -0.39 is 11.7 Å². The van der Waals surface area contributed by atoms with Gasteiger partial charge in [0.1, 0.15) is 0 Å². The zero-order valence-electron chi connectivity index (χ0n) is 9.80. The molecule has 98 valence electrons. The zero-order valence-corrected chi connectivity index (χ0v) is 9.80. The van der Waals surface area contributed by atoms with E-state index in [1.54, 1.807) is 0 Å². The quantitative estimate of drug-likeness (QED) is 0.623. The predicted octanol–water partition coefficient (Wildman–Crippen LogP) is 3.81. The smallest absolute Gasteiger partial charge is 0.399 e. The molecule has 0 amide bonds. The van der Waals surface area contributed by atoms with Gasteiger partial charge in [-0.2, -0.15) is 13.2 Å². The summed E-state index contributed by atoms with van der Waals surface area (Å²) < 4.78 is 38.6. The molecule has 2 nitrogen and oxygen atoms in total. The Morgan fingerprint density at radius 1 is 1.22 bits per heavy atom. The van der Waals surface area contributed by atoms with Crippen molar-refractivity contribution < 1.29 is 13.2 Å². The van der Waals surface area contributed by atoms with Gasteiger partial charge in [-0.3, -0.25) is 0 Å². The van der Waals surface area contributed by atoms with Crippen LogP contribution in [0.2, 0.25) is 0 Å². The number of allylic oxidation sites excluding steroid dienone is 1. The molecule has 0 fully saturated rings. The standard InChI is InChI=1S/C13H15F3N2/c14-13(15,16)11-8-9(17)6-7-12(11)18-10-4-2-1-3-5-10/h1-2,6-8,10,18H,3-5,17H2. The highest BCUT2D eigenvalue weighted by Crippen LogP contribution is 2.36. The molecule has 0 spiro atoms. The second-order valence-electron chi connectivity index (χ2n) is 4.43. The number of nitrogens with one attached hydrogen (secondary N) is 1. The highest BCUT2D eigenvalue weighted by atomic mass is 19.4. The van der Waals surface area contributed by atoms with Crippen molar-refractivity contribution in [2.75, 3.05) is 11.1 Å². The first kappa shape index (κ1) is 12.8. The van der Waals surface area contributed by atoms with Crippen molar-refractivity contribution in [1.82, 2.24) is 0 Å². The molecular weight excluding hydrogens is 241 g/mol. The molecule has 5 heteroatoms. The summed E-state index contributed by atoms with van der Waals surface area (Å²) in [7, 11) is 0. The molecule has 1 unspecified atom stereocenters. The third-order valence-corrected chi connectivity index (χ3v) is 2.98. The minimum Gasteiger partial charge on any atom is -0.399 e. The van der Waals surface area contributed by atoms with Gasteiger partial charge in [-0.15, -0.1) is 0 Å². The van der Waals surface area contributed by atoms with Gasteiger partial charge in [-0.1, -0.05) is 12.2 Å². The van der Waals surface area contributed by atoms with Crippen LogP contribution < -0.4 is 11.1 Å². The normalized spacial score (nSPS) is 19.8. The van der Waals surface area contributed by atoms with Gasteiger partial charge in [0.2, 0.25) is 0 Å². The van der Waals surface area contributed by atoms with Crippen LogP contribution in [0.3, 0.4) is 0 Å². The topological polar surface area (TPSA) is 38.0 Å². The van der Waals surface area contributed by atoms with Crippen molar-refractivity contribution >= 4 is 11.4 Å². The molecule has 0 aromatic heterocycles. The van der Waals surface area contributed by atoms with Crippen molar-refractivity contribution in [1.29, 1.82) is 0 Å². The molecular formula is C13H15F3N2. The fourth-order valence-electron chi connectivity index (χ4n) is 2.07. The molecule has 1 aliphatic carbocycles. The Balaban J connectivity index is 2.24. The monoisotopic (exact) mass is 256 g/mol. The molecule has 0 saturated heterocycles. The van der Waals surface area contributed by atoms with Gasteiger partial charge in [0.25, 0.3) is 0 Å². The van der Waals surface area contributed by atoms with Crippen LogP contribution in [0.15, 0.2) is 30.4 Å². The second-order valence-corrected chi connectivity index (χ2v) is 4.43. The summed E-state index contributed by atoms with van der Waals surface area (Å²) in [6.07, 6.45) is 2.15. The van der Waals surface area contributed by atoms with Crippen molar-refractivity contribution in [3.8, 4) is 0 Å². The van der Waals surface area contributed by atoms with Crippen molar-refractivity contribution in [2.45, 2.75) is 31.5 Å². The summed E-state index contributed by atoms with van der Waals surface area (Å²) in [5.74, 6) is 0. The molecule has 0 radical (unpaired) electrons. The lowest BCUT2D eigenvalue weighted by Gasteiger charge is -2.23. The number of nitrogen functional groups attached to an aromatic ring is 1. The number of benzene rings is 1. The van der Waals surface area contributed by atoms with Gasteiger partial charge in [0, 0.05) is 17.4 Å². The van der Waals surface area contributed by atoms with E-state index in [0.717, 1.165) is 25.3 Å². The molecule has 1 atom stereocenters. The van der Waals surface area contributed by atoms with E-state index in [2.05, 4.69) is 5.32 Å². The SMILES string of the molecule is Nc1ccc(NC2CC=CCC2)c(C(F)(F)F)c1. The van der Waals surface area contributed by atoms with Crippen LogP contribution in [0, 0.1) is 0 Å². The zero-order chi connectivity index (χ0) is 13.2. The Kier molecular flexibility index (Phi) is 3.50. The van der Waals surface area contributed by atoms with Gasteiger partial charge < -0.3 is 11.1 Å². The third kappa shape index (κ3) is 2.97. The van der Waals surface area contributed by atoms with Crippen molar-refractivity contribution in [2.24, 2.45) is 0 Å². The lowest BCUT2D eigenvalue weighted by molar-refractivity contribution is -0.136. The fraction of sp³-hybridized carbons (Fsp3) is 0.385. The molecule has 0 bridgehead atoms. The number of halogens is 3. The van der Waals surface area contributed by atoms with E-state index in [4.69, 9.17) is 5.73 Å². The Labute approximate surface area is 104 Å². The van der Waals surface area contributed by atoms with Gasteiger partial charge in [0.05, 0.1) is 5.56 Å². The van der Waals surface area contributed by atoms with Crippen LogP contribution in [0.25, 0.3) is 0 Å². The molecule has 3 N–H and O–H groups in total. The maximum absolute atomic E-state index is 12.9. The Bertz CT molecular complexity index is 452. The van der Waals surface area contributed by atoms with E-state index in [0.29, 0.717) is 0 Å². The lowest BCUT2D eigenvalue weighted by Crippen LogP contribution is -2.22. The maximum Gasteiger partial charge on any atom is 0.418 e. The van der Waals surface area contributed by atoms with Crippen molar-refractivity contribution in [3.63, 3.8) is 0 Å². The van der Waals surface area contributed by atoms with E-state index in [-0.39, 0.29) is 17.4 Å². The van der Waals surface area contributed by atoms with E-state index >= 15 is 0 Å².